The van der Waals surface area contributed by atoms with Gasteiger partial charge in [0, 0.05) is 31.3 Å². The first-order chi connectivity index (χ1) is 12.9. The average Bonchev–Trinajstić information content (AvgIpc) is 2.96. The molecule has 152 valence electrons. The van der Waals surface area contributed by atoms with Crippen LogP contribution in [0.1, 0.15) is 19.4 Å². The van der Waals surface area contributed by atoms with Gasteiger partial charge in [-0.2, -0.15) is 13.2 Å². The second-order valence-corrected chi connectivity index (χ2v) is 7.82. The summed E-state index contributed by atoms with van der Waals surface area (Å²) in [5.74, 6) is -4.57. The molecule has 1 aliphatic heterocycles. The molecule has 1 unspecified atom stereocenters. The van der Waals surface area contributed by atoms with Crippen molar-refractivity contribution in [3.63, 3.8) is 0 Å². The van der Waals surface area contributed by atoms with Crippen LogP contribution in [0.3, 0.4) is 0 Å². The fourth-order valence-electron chi connectivity index (χ4n) is 4.19. The molecule has 1 aromatic rings. The lowest BCUT2D eigenvalue weighted by Crippen LogP contribution is -2.56. The quantitative estimate of drug-likeness (QED) is 0.776. The van der Waals surface area contributed by atoms with E-state index in [9.17, 15) is 32.7 Å². The van der Waals surface area contributed by atoms with Gasteiger partial charge in [-0.25, -0.2) is 4.79 Å². The number of nitrogens with one attached hydrogen (secondary N) is 1. The third kappa shape index (κ3) is 3.55. The molecule has 7 nitrogen and oxygen atoms in total. The second kappa shape index (κ2) is 6.75. The van der Waals surface area contributed by atoms with Crippen molar-refractivity contribution >= 4 is 17.8 Å². The van der Waals surface area contributed by atoms with E-state index in [0.717, 1.165) is 4.90 Å². The standard InChI is InChI=1S/C18H20F3N3O4/c1-17(2)10-8-24(13(12(10)17)15(26)27)14(25)11(23-16(28)18(19,20)21)6-9-4-3-5-22-7-9/h3-5,7,10-13H,6,8H2,1-2H3,(H,23,28)(H,26,27)/t10-,11?,12-,13-/m0/s1. The monoisotopic (exact) mass is 399 g/mol. The maximum absolute atomic E-state index is 13.0. The molecule has 28 heavy (non-hydrogen) atoms. The normalized spacial score (nSPS) is 26.3. The van der Waals surface area contributed by atoms with E-state index in [2.05, 4.69) is 4.98 Å². The molecule has 0 radical (unpaired) electrons. The van der Waals surface area contributed by atoms with E-state index in [-0.39, 0.29) is 30.2 Å². The number of carbonyl (C=O) groups excluding carboxylic acids is 2. The number of rotatable bonds is 5. The third-order valence-corrected chi connectivity index (χ3v) is 5.77. The molecule has 0 bridgehead atoms. The molecule has 1 aromatic heterocycles. The smallest absolute Gasteiger partial charge is 0.471 e. The first-order valence-corrected chi connectivity index (χ1v) is 8.74. The van der Waals surface area contributed by atoms with Crippen molar-refractivity contribution in [2.75, 3.05) is 6.54 Å². The molecular weight excluding hydrogens is 379 g/mol. The Bertz CT molecular complexity index is 797. The van der Waals surface area contributed by atoms with Gasteiger partial charge in [-0.1, -0.05) is 19.9 Å². The summed E-state index contributed by atoms with van der Waals surface area (Å²) in [5, 5.41) is 11.3. The number of hydrogen-bond acceptors (Lipinski definition) is 4. The number of hydrogen-bond donors (Lipinski definition) is 2. The van der Waals surface area contributed by atoms with Gasteiger partial charge in [0.1, 0.15) is 12.1 Å². The summed E-state index contributed by atoms with van der Waals surface area (Å²) in [6.45, 7) is 3.94. The van der Waals surface area contributed by atoms with E-state index in [1.54, 1.807) is 17.4 Å². The van der Waals surface area contributed by atoms with Gasteiger partial charge in [-0.3, -0.25) is 14.6 Å². The van der Waals surface area contributed by atoms with Gasteiger partial charge in [0.15, 0.2) is 0 Å². The fraction of sp³-hybridized carbons (Fsp3) is 0.556. The zero-order chi connectivity index (χ0) is 20.9. The van der Waals surface area contributed by atoms with Crippen LogP contribution in [0.2, 0.25) is 0 Å². The van der Waals surface area contributed by atoms with Crippen molar-refractivity contribution in [2.45, 2.75) is 38.5 Å². The van der Waals surface area contributed by atoms with Crippen molar-refractivity contribution < 1.29 is 32.7 Å². The summed E-state index contributed by atoms with van der Waals surface area (Å²) in [6, 6.07) is 0.454. The van der Waals surface area contributed by atoms with Gasteiger partial charge in [0.05, 0.1) is 0 Å². The van der Waals surface area contributed by atoms with Crippen LogP contribution in [0.25, 0.3) is 0 Å². The Morgan fingerprint density at radius 2 is 2.07 bits per heavy atom. The van der Waals surface area contributed by atoms with E-state index in [1.165, 1.54) is 12.4 Å². The number of amides is 2. The summed E-state index contributed by atoms with van der Waals surface area (Å²) in [5.41, 5.74) is 0.202. The van der Waals surface area contributed by atoms with Crippen molar-refractivity contribution in [3.05, 3.63) is 30.1 Å². The summed E-state index contributed by atoms with van der Waals surface area (Å²) in [4.78, 5) is 41.1. The minimum absolute atomic E-state index is 0.0325. The largest absolute Gasteiger partial charge is 0.480 e. The van der Waals surface area contributed by atoms with Crippen LogP contribution in [0.4, 0.5) is 13.2 Å². The fourth-order valence-corrected chi connectivity index (χ4v) is 4.19. The average molecular weight is 399 g/mol. The van der Waals surface area contributed by atoms with Crippen molar-refractivity contribution in [3.8, 4) is 0 Å². The Morgan fingerprint density at radius 1 is 1.39 bits per heavy atom. The Hall–Kier alpha value is -2.65. The van der Waals surface area contributed by atoms with Crippen LogP contribution in [-0.4, -0.2) is 57.6 Å². The van der Waals surface area contributed by atoms with E-state index >= 15 is 0 Å². The number of carboxylic acid groups (broad SMARTS) is 1. The maximum Gasteiger partial charge on any atom is 0.471 e. The molecule has 2 N–H and O–H groups in total. The summed E-state index contributed by atoms with van der Waals surface area (Å²) in [6.07, 6.45) is -2.55. The Kier molecular flexibility index (Phi) is 4.84. The van der Waals surface area contributed by atoms with Crippen molar-refractivity contribution in [2.24, 2.45) is 17.3 Å². The van der Waals surface area contributed by atoms with Crippen LogP contribution >= 0.6 is 0 Å². The second-order valence-electron chi connectivity index (χ2n) is 7.82. The number of pyridine rings is 1. The predicted octanol–water partition coefficient (Wildman–Crippen LogP) is 1.24. The summed E-state index contributed by atoms with van der Waals surface area (Å²) >= 11 is 0. The molecule has 4 atom stereocenters. The number of nitrogens with zero attached hydrogens (tertiary/aromatic N) is 2. The van der Waals surface area contributed by atoms with Crippen molar-refractivity contribution in [1.82, 2.24) is 15.2 Å². The van der Waals surface area contributed by atoms with E-state index < -0.39 is 36.0 Å². The number of alkyl halides is 3. The van der Waals surface area contributed by atoms with Gasteiger partial charge in [0.25, 0.3) is 0 Å². The highest BCUT2D eigenvalue weighted by molar-refractivity contribution is 5.93. The zero-order valence-corrected chi connectivity index (χ0v) is 15.2. The van der Waals surface area contributed by atoms with Gasteiger partial charge < -0.3 is 15.3 Å². The first-order valence-electron chi connectivity index (χ1n) is 8.74. The van der Waals surface area contributed by atoms with Crippen LogP contribution in [-0.2, 0) is 20.8 Å². The van der Waals surface area contributed by atoms with Gasteiger partial charge >= 0.3 is 18.1 Å². The van der Waals surface area contributed by atoms with Gasteiger partial charge in [-0.15, -0.1) is 0 Å². The Balaban J connectivity index is 1.84. The van der Waals surface area contributed by atoms with Gasteiger partial charge in [-0.05, 0) is 23.0 Å². The molecular formula is C18H20F3N3O4. The number of halogens is 3. The SMILES string of the molecule is CC1(C)[C@@H]2[C@@H](C(=O)O)N(C(=O)C(Cc3cccnc3)NC(=O)C(F)(F)F)C[C@@H]21. The topological polar surface area (TPSA) is 99.6 Å². The van der Waals surface area contributed by atoms with Crippen LogP contribution in [0.15, 0.2) is 24.5 Å². The van der Waals surface area contributed by atoms with E-state index in [4.69, 9.17) is 0 Å². The molecule has 1 aliphatic carbocycles. The van der Waals surface area contributed by atoms with E-state index in [1.807, 2.05) is 13.8 Å². The van der Waals surface area contributed by atoms with E-state index in [0.29, 0.717) is 5.56 Å². The molecule has 2 aliphatic rings. The maximum atomic E-state index is 13.0. The Labute approximate surface area is 158 Å². The van der Waals surface area contributed by atoms with Crippen LogP contribution in [0, 0.1) is 17.3 Å². The minimum atomic E-state index is -5.16. The molecule has 2 heterocycles. The van der Waals surface area contributed by atoms with Crippen molar-refractivity contribution in [1.29, 1.82) is 0 Å². The highest BCUT2D eigenvalue weighted by Gasteiger charge is 2.69. The number of fused-ring (bicyclic) bond motifs is 1. The molecule has 3 rings (SSSR count). The molecule has 1 saturated carbocycles. The molecule has 0 aromatic carbocycles. The van der Waals surface area contributed by atoms with Crippen LogP contribution in [0.5, 0.6) is 0 Å². The summed E-state index contributed by atoms with van der Waals surface area (Å²) < 4.78 is 38.2. The third-order valence-electron chi connectivity index (χ3n) is 5.77. The molecule has 0 spiro atoms. The zero-order valence-electron chi connectivity index (χ0n) is 15.2. The first kappa shape index (κ1) is 20.1. The minimum Gasteiger partial charge on any atom is -0.480 e. The molecule has 2 fully saturated rings. The number of aromatic nitrogens is 1. The lowest BCUT2D eigenvalue weighted by atomic mass is 9.99. The number of piperidine rings is 1. The lowest BCUT2D eigenvalue weighted by molar-refractivity contribution is -0.175. The number of likely N-dealkylation sites (tertiary alicyclic amines) is 1. The molecule has 2 amide bonds. The number of carbonyl (C=O) groups is 3. The molecule has 1 saturated heterocycles. The highest BCUT2D eigenvalue weighted by atomic mass is 19.4. The lowest BCUT2D eigenvalue weighted by Gasteiger charge is -2.31. The number of aliphatic carboxylic acids is 1. The molecule has 10 heteroatoms. The Morgan fingerprint density at radius 3 is 2.61 bits per heavy atom. The summed E-state index contributed by atoms with van der Waals surface area (Å²) in [7, 11) is 0. The highest BCUT2D eigenvalue weighted by Crippen LogP contribution is 2.64. The van der Waals surface area contributed by atoms with Gasteiger partial charge in [0.2, 0.25) is 5.91 Å². The number of carboxylic acids is 1. The van der Waals surface area contributed by atoms with Crippen LogP contribution < -0.4 is 5.32 Å². The predicted molar refractivity (Wildman–Crippen MR) is 89.8 cm³/mol.